The Bertz CT molecular complexity index is 1760. The summed E-state index contributed by atoms with van der Waals surface area (Å²) >= 11 is 0. The molecule has 1 aromatic carbocycles. The number of hydrogen-bond donors (Lipinski definition) is 3. The molecule has 5 aromatic rings. The van der Waals surface area contributed by atoms with E-state index in [4.69, 9.17) is 4.99 Å². The molecule has 0 saturated heterocycles. The van der Waals surface area contributed by atoms with Crippen molar-refractivity contribution in [2.45, 2.75) is 33.2 Å². The fraction of sp³-hybridized carbons (Fsp3) is 0.200. The molecule has 6 rings (SSSR count). The van der Waals surface area contributed by atoms with Gasteiger partial charge in [-0.1, -0.05) is 26.0 Å². The normalized spacial score (nSPS) is 12.7. The van der Waals surface area contributed by atoms with Gasteiger partial charge in [-0.3, -0.25) is 24.9 Å². The van der Waals surface area contributed by atoms with Crippen molar-refractivity contribution in [3.05, 3.63) is 84.5 Å². The number of aromatic amines is 1. The minimum atomic E-state index is -0.301. The highest BCUT2D eigenvalue weighted by atomic mass is 19.1. The quantitative estimate of drug-likeness (QED) is 0.237. The number of rotatable bonds is 7. The third-order valence-electron chi connectivity index (χ3n) is 6.79. The van der Waals surface area contributed by atoms with Crippen LogP contribution in [0.25, 0.3) is 33.3 Å². The molecule has 0 fully saturated rings. The summed E-state index contributed by atoms with van der Waals surface area (Å²) in [5.74, 6) is 0.733. The Labute approximate surface area is 230 Å². The number of carbonyl (C=O) groups excluding carboxylic acids is 1. The van der Waals surface area contributed by atoms with Crippen LogP contribution in [0.1, 0.15) is 37.9 Å². The van der Waals surface area contributed by atoms with E-state index in [1.807, 2.05) is 18.2 Å². The first-order chi connectivity index (χ1) is 19.4. The lowest BCUT2D eigenvalue weighted by atomic mass is 9.99. The Hall–Kier alpha value is -4.99. The zero-order valence-corrected chi connectivity index (χ0v) is 22.1. The van der Waals surface area contributed by atoms with Crippen LogP contribution in [-0.2, 0) is 11.3 Å². The average molecular weight is 535 g/mol. The van der Waals surface area contributed by atoms with Gasteiger partial charge in [0.1, 0.15) is 11.5 Å². The maximum absolute atomic E-state index is 13.9. The van der Waals surface area contributed by atoms with E-state index in [1.165, 1.54) is 12.1 Å². The summed E-state index contributed by atoms with van der Waals surface area (Å²) < 4.78 is 13.9. The topological polar surface area (TPSA) is 121 Å². The molecule has 9 nitrogen and oxygen atoms in total. The number of H-pyrrole nitrogens is 1. The number of amidine groups is 1. The summed E-state index contributed by atoms with van der Waals surface area (Å²) in [5, 5.41) is 14.5. The molecule has 0 spiro atoms. The van der Waals surface area contributed by atoms with Crippen molar-refractivity contribution in [3.63, 3.8) is 0 Å². The maximum atomic E-state index is 13.9. The van der Waals surface area contributed by atoms with Crippen LogP contribution in [0.2, 0.25) is 0 Å². The van der Waals surface area contributed by atoms with Crippen LogP contribution in [0.4, 0.5) is 15.8 Å². The highest BCUT2D eigenvalue weighted by molar-refractivity contribution is 6.15. The minimum Gasteiger partial charge on any atom is -0.337 e. The summed E-state index contributed by atoms with van der Waals surface area (Å²) in [4.78, 5) is 30.3. The van der Waals surface area contributed by atoms with Gasteiger partial charge >= 0.3 is 0 Å². The third-order valence-corrected chi connectivity index (χ3v) is 6.79. The molecule has 0 bridgehead atoms. The predicted molar refractivity (Wildman–Crippen MR) is 153 cm³/mol. The molecule has 1 aliphatic heterocycles. The van der Waals surface area contributed by atoms with Crippen LogP contribution < -0.4 is 10.6 Å². The van der Waals surface area contributed by atoms with Gasteiger partial charge in [0.2, 0.25) is 5.91 Å². The molecule has 0 unspecified atom stereocenters. The average Bonchev–Trinajstić information content (AvgIpc) is 3.39. The first-order valence-electron chi connectivity index (χ1n) is 13.1. The number of hydrogen-bond acceptors (Lipinski definition) is 7. The van der Waals surface area contributed by atoms with Gasteiger partial charge in [0.15, 0.2) is 11.5 Å². The van der Waals surface area contributed by atoms with Crippen LogP contribution in [0, 0.1) is 11.7 Å². The number of halogens is 1. The maximum Gasteiger partial charge on any atom is 0.224 e. The second kappa shape index (κ2) is 10.6. The first-order valence-corrected chi connectivity index (χ1v) is 13.1. The van der Waals surface area contributed by atoms with Crippen LogP contribution in [0.3, 0.4) is 0 Å². The van der Waals surface area contributed by atoms with Crippen LogP contribution in [0.15, 0.2) is 72.4 Å². The van der Waals surface area contributed by atoms with E-state index in [9.17, 15) is 9.18 Å². The SMILES string of the molecule is CC(C)CCC(=O)Nc1cncc(-c2cnc3n[nH]c(C4=NCc5c(cncc5-c5cccc(F)c5)N4)c3c2)c1. The van der Waals surface area contributed by atoms with E-state index in [0.717, 1.165) is 45.3 Å². The standard InChI is InChI=1S/C30H27FN8O/c1-17(2)6-7-27(40)36-22-9-19(11-32-13-22)20-10-23-28(38-39-29(23)34-12-20)30-35-15-25-24(14-33-16-26(25)37-30)18-4-3-5-21(31)8-18/h3-5,8-14,16-17H,6-7,15H2,1-2H3,(H,35,37)(H,36,40)(H,34,38,39). The van der Waals surface area contributed by atoms with Crippen LogP contribution in [0.5, 0.6) is 0 Å². The van der Waals surface area contributed by atoms with E-state index in [0.29, 0.717) is 41.7 Å². The molecule has 1 amide bonds. The van der Waals surface area contributed by atoms with Gasteiger partial charge < -0.3 is 10.6 Å². The number of carbonyl (C=O) groups is 1. The lowest BCUT2D eigenvalue weighted by Crippen LogP contribution is -2.20. The Balaban J connectivity index is 1.28. The second-order valence-corrected chi connectivity index (χ2v) is 10.2. The summed E-state index contributed by atoms with van der Waals surface area (Å²) in [6.07, 6.45) is 9.86. The van der Waals surface area contributed by atoms with E-state index >= 15 is 0 Å². The van der Waals surface area contributed by atoms with Gasteiger partial charge in [-0.2, -0.15) is 5.10 Å². The molecule has 0 aliphatic carbocycles. The van der Waals surface area contributed by atoms with Crippen molar-refractivity contribution in [1.29, 1.82) is 0 Å². The lowest BCUT2D eigenvalue weighted by Gasteiger charge is -2.20. The molecule has 40 heavy (non-hydrogen) atoms. The molecular weight excluding hydrogens is 507 g/mol. The van der Waals surface area contributed by atoms with E-state index in [-0.39, 0.29) is 11.7 Å². The van der Waals surface area contributed by atoms with Crippen LogP contribution in [-0.4, -0.2) is 36.9 Å². The second-order valence-electron chi connectivity index (χ2n) is 10.2. The van der Waals surface area contributed by atoms with Gasteiger partial charge in [-0.25, -0.2) is 9.37 Å². The third kappa shape index (κ3) is 5.15. The fourth-order valence-electron chi connectivity index (χ4n) is 4.68. The molecule has 0 atom stereocenters. The summed E-state index contributed by atoms with van der Waals surface area (Å²) in [6, 6.07) is 10.3. The smallest absolute Gasteiger partial charge is 0.224 e. The zero-order chi connectivity index (χ0) is 27.6. The molecule has 0 radical (unpaired) electrons. The molecule has 5 heterocycles. The first kappa shape index (κ1) is 25.3. The highest BCUT2D eigenvalue weighted by Gasteiger charge is 2.21. The highest BCUT2D eigenvalue weighted by Crippen LogP contribution is 2.33. The predicted octanol–water partition coefficient (Wildman–Crippen LogP) is 5.97. The minimum absolute atomic E-state index is 0.0324. The summed E-state index contributed by atoms with van der Waals surface area (Å²) in [7, 11) is 0. The Morgan fingerprint density at radius 2 is 1.88 bits per heavy atom. The van der Waals surface area contributed by atoms with Crippen LogP contribution >= 0.6 is 0 Å². The molecule has 10 heteroatoms. The van der Waals surface area contributed by atoms with Crippen molar-refractivity contribution in [2.75, 3.05) is 10.6 Å². The largest absolute Gasteiger partial charge is 0.337 e. The zero-order valence-electron chi connectivity index (χ0n) is 22.1. The molecular formula is C30H27FN8O. The number of anilines is 2. The van der Waals surface area contributed by atoms with Crippen molar-refractivity contribution >= 4 is 34.2 Å². The fourth-order valence-corrected chi connectivity index (χ4v) is 4.68. The van der Waals surface area contributed by atoms with Crippen molar-refractivity contribution in [2.24, 2.45) is 10.9 Å². The van der Waals surface area contributed by atoms with Gasteiger partial charge in [0.05, 0.1) is 35.7 Å². The van der Waals surface area contributed by atoms with Crippen molar-refractivity contribution < 1.29 is 9.18 Å². The Kier molecular flexibility index (Phi) is 6.73. The lowest BCUT2D eigenvalue weighted by molar-refractivity contribution is -0.116. The Morgan fingerprint density at radius 3 is 2.73 bits per heavy atom. The Morgan fingerprint density at radius 1 is 1.02 bits per heavy atom. The number of nitrogens with one attached hydrogen (secondary N) is 3. The number of pyridine rings is 3. The van der Waals surface area contributed by atoms with E-state index < -0.39 is 0 Å². The van der Waals surface area contributed by atoms with Gasteiger partial charge in [-0.05, 0) is 42.2 Å². The van der Waals surface area contributed by atoms with Gasteiger partial charge in [0.25, 0.3) is 0 Å². The van der Waals surface area contributed by atoms with Gasteiger partial charge in [0, 0.05) is 47.3 Å². The molecule has 0 saturated carbocycles. The van der Waals surface area contributed by atoms with E-state index in [2.05, 4.69) is 49.6 Å². The number of fused-ring (bicyclic) bond motifs is 2. The molecule has 3 N–H and O–H groups in total. The van der Waals surface area contributed by atoms with Crippen molar-refractivity contribution in [3.8, 4) is 22.3 Å². The monoisotopic (exact) mass is 534 g/mol. The number of aromatic nitrogens is 5. The summed E-state index contributed by atoms with van der Waals surface area (Å²) in [6.45, 7) is 4.58. The summed E-state index contributed by atoms with van der Waals surface area (Å²) in [5.41, 5.74) is 6.82. The number of aliphatic imine (C=N–C) groups is 1. The number of benzene rings is 1. The molecule has 200 valence electrons. The van der Waals surface area contributed by atoms with E-state index in [1.54, 1.807) is 37.1 Å². The molecule has 1 aliphatic rings. The van der Waals surface area contributed by atoms with Crippen molar-refractivity contribution in [1.82, 2.24) is 25.1 Å². The molecule has 4 aromatic heterocycles. The van der Waals surface area contributed by atoms with Gasteiger partial charge in [-0.15, -0.1) is 0 Å². The number of nitrogens with zero attached hydrogens (tertiary/aromatic N) is 5. The number of amides is 1.